The number of hydrogen-bond donors (Lipinski definition) is 0. The molecule has 1 atom stereocenters. The van der Waals surface area contributed by atoms with E-state index in [-0.39, 0.29) is 16.1 Å². The van der Waals surface area contributed by atoms with Crippen LogP contribution >= 0.6 is 11.8 Å². The SMILES string of the molecule is COC(=O)c1ccc2c(c1)C(SCCN1CCN(S(=O)(=O)c3ccc(F)cc3)CC1)c1ccccc1CO2. The molecule has 0 aliphatic carbocycles. The van der Waals surface area contributed by atoms with Gasteiger partial charge >= 0.3 is 5.97 Å². The summed E-state index contributed by atoms with van der Waals surface area (Å²) in [5.41, 5.74) is 3.70. The van der Waals surface area contributed by atoms with E-state index in [0.717, 1.165) is 34.7 Å². The average Bonchev–Trinajstić information content (AvgIpc) is 3.10. The Labute approximate surface area is 226 Å². The Bertz CT molecular complexity index is 1410. The summed E-state index contributed by atoms with van der Waals surface area (Å²) in [7, 11) is -2.27. The highest BCUT2D eigenvalue weighted by atomic mass is 32.2. The molecule has 1 fully saturated rings. The van der Waals surface area contributed by atoms with Crippen molar-refractivity contribution in [3.8, 4) is 5.75 Å². The number of methoxy groups -OCH3 is 1. The zero-order valence-corrected chi connectivity index (χ0v) is 22.6. The van der Waals surface area contributed by atoms with Gasteiger partial charge in [-0.3, -0.25) is 4.90 Å². The summed E-state index contributed by atoms with van der Waals surface area (Å²) in [6.45, 7) is 3.26. The van der Waals surface area contributed by atoms with Crippen molar-refractivity contribution in [2.45, 2.75) is 16.8 Å². The number of piperazine rings is 1. The lowest BCUT2D eigenvalue weighted by Crippen LogP contribution is -2.49. The number of thioether (sulfide) groups is 1. The van der Waals surface area contributed by atoms with E-state index in [0.29, 0.717) is 38.3 Å². The molecule has 5 rings (SSSR count). The van der Waals surface area contributed by atoms with Crippen LogP contribution in [0, 0.1) is 5.82 Å². The molecule has 7 nitrogen and oxygen atoms in total. The summed E-state index contributed by atoms with van der Waals surface area (Å²) < 4.78 is 51.6. The van der Waals surface area contributed by atoms with E-state index in [1.165, 1.54) is 35.7 Å². The zero-order valence-electron chi connectivity index (χ0n) is 21.0. The summed E-state index contributed by atoms with van der Waals surface area (Å²) in [6.07, 6.45) is 0. The second-order valence-corrected chi connectivity index (χ2v) is 12.3. The fourth-order valence-electron chi connectivity index (χ4n) is 4.80. The predicted molar refractivity (Wildman–Crippen MR) is 144 cm³/mol. The molecule has 200 valence electrons. The van der Waals surface area contributed by atoms with Crippen LogP contribution in [0.25, 0.3) is 0 Å². The molecule has 0 spiro atoms. The Hall–Kier alpha value is -2.92. The van der Waals surface area contributed by atoms with Crippen molar-refractivity contribution in [2.75, 3.05) is 45.6 Å². The lowest BCUT2D eigenvalue weighted by atomic mass is 9.98. The number of nitrogens with zero attached hydrogens (tertiary/aromatic N) is 2. The van der Waals surface area contributed by atoms with Crippen LogP contribution in [0.1, 0.15) is 32.3 Å². The van der Waals surface area contributed by atoms with Crippen LogP contribution in [-0.4, -0.2) is 69.2 Å². The molecule has 1 unspecified atom stereocenters. The largest absolute Gasteiger partial charge is 0.489 e. The normalized spacial score (nSPS) is 18.1. The molecule has 0 amide bonds. The second kappa shape index (κ2) is 11.4. The molecule has 3 aromatic carbocycles. The van der Waals surface area contributed by atoms with Gasteiger partial charge in [-0.05, 0) is 53.6 Å². The van der Waals surface area contributed by atoms with Gasteiger partial charge in [0.2, 0.25) is 10.0 Å². The number of halogens is 1. The molecule has 0 bridgehead atoms. The van der Waals surface area contributed by atoms with Gasteiger partial charge in [0, 0.05) is 44.0 Å². The van der Waals surface area contributed by atoms with E-state index in [1.807, 2.05) is 24.3 Å². The number of benzene rings is 3. The Morgan fingerprint density at radius 2 is 1.76 bits per heavy atom. The van der Waals surface area contributed by atoms with Crippen LogP contribution in [0.4, 0.5) is 4.39 Å². The first kappa shape index (κ1) is 26.7. The smallest absolute Gasteiger partial charge is 0.337 e. The number of rotatable bonds is 7. The Morgan fingerprint density at radius 3 is 2.50 bits per heavy atom. The first-order chi connectivity index (χ1) is 18.4. The number of ether oxygens (including phenoxy) is 2. The summed E-state index contributed by atoms with van der Waals surface area (Å²) in [4.78, 5) is 14.6. The fraction of sp³-hybridized carbons (Fsp3) is 0.321. The molecule has 2 aliphatic rings. The topological polar surface area (TPSA) is 76.2 Å². The molecular formula is C28H29FN2O5S2. The van der Waals surface area contributed by atoms with Crippen LogP contribution in [-0.2, 0) is 21.4 Å². The van der Waals surface area contributed by atoms with Gasteiger partial charge in [-0.25, -0.2) is 17.6 Å². The van der Waals surface area contributed by atoms with Gasteiger partial charge in [-0.2, -0.15) is 4.31 Å². The summed E-state index contributed by atoms with van der Waals surface area (Å²) in [5.74, 6) is 0.720. The molecule has 10 heteroatoms. The minimum absolute atomic E-state index is 0.0200. The van der Waals surface area contributed by atoms with E-state index in [4.69, 9.17) is 9.47 Å². The zero-order chi connectivity index (χ0) is 26.7. The highest BCUT2D eigenvalue weighted by Gasteiger charge is 2.30. The molecule has 1 saturated heterocycles. The van der Waals surface area contributed by atoms with Gasteiger partial charge in [0.15, 0.2) is 0 Å². The third kappa shape index (κ3) is 5.58. The van der Waals surface area contributed by atoms with Gasteiger partial charge in [0.05, 0.1) is 22.8 Å². The van der Waals surface area contributed by atoms with E-state index in [1.54, 1.807) is 17.8 Å². The Morgan fingerprint density at radius 1 is 1.03 bits per heavy atom. The number of fused-ring (bicyclic) bond motifs is 2. The molecule has 3 aromatic rings. The van der Waals surface area contributed by atoms with Crippen LogP contribution in [0.15, 0.2) is 71.6 Å². The highest BCUT2D eigenvalue weighted by Crippen LogP contribution is 2.44. The molecule has 0 radical (unpaired) electrons. The van der Waals surface area contributed by atoms with Crippen molar-refractivity contribution in [2.24, 2.45) is 0 Å². The molecule has 38 heavy (non-hydrogen) atoms. The van der Waals surface area contributed by atoms with Crippen LogP contribution < -0.4 is 4.74 Å². The fourth-order valence-corrected chi connectivity index (χ4v) is 7.60. The summed E-state index contributed by atoms with van der Waals surface area (Å²) in [6, 6.07) is 18.6. The number of carbonyl (C=O) groups excluding carboxylic acids is 1. The quantitative estimate of drug-likeness (QED) is 0.401. The number of carbonyl (C=O) groups is 1. The van der Waals surface area contributed by atoms with E-state index >= 15 is 0 Å². The lowest BCUT2D eigenvalue weighted by molar-refractivity contribution is 0.0600. The molecule has 0 N–H and O–H groups in total. The first-order valence-electron chi connectivity index (χ1n) is 12.4. The maximum absolute atomic E-state index is 13.2. The monoisotopic (exact) mass is 556 g/mol. The lowest BCUT2D eigenvalue weighted by Gasteiger charge is -2.34. The molecule has 2 aliphatic heterocycles. The summed E-state index contributed by atoms with van der Waals surface area (Å²) >= 11 is 1.78. The number of esters is 1. The van der Waals surface area contributed by atoms with Gasteiger partial charge in [0.1, 0.15) is 18.2 Å². The predicted octanol–water partition coefficient (Wildman–Crippen LogP) is 4.33. The Balaban J connectivity index is 1.25. The second-order valence-electron chi connectivity index (χ2n) is 9.18. The van der Waals surface area contributed by atoms with E-state index < -0.39 is 15.8 Å². The van der Waals surface area contributed by atoms with Crippen LogP contribution in [0.5, 0.6) is 5.75 Å². The molecule has 0 saturated carbocycles. The molecule has 0 aromatic heterocycles. The summed E-state index contributed by atoms with van der Waals surface area (Å²) in [5, 5.41) is -0.0200. The van der Waals surface area contributed by atoms with Gasteiger partial charge in [0.25, 0.3) is 0 Å². The Kier molecular flexibility index (Phi) is 8.04. The first-order valence-corrected chi connectivity index (χ1v) is 14.9. The minimum Gasteiger partial charge on any atom is -0.489 e. The van der Waals surface area contributed by atoms with Crippen LogP contribution in [0.2, 0.25) is 0 Å². The van der Waals surface area contributed by atoms with E-state index in [2.05, 4.69) is 17.0 Å². The van der Waals surface area contributed by atoms with Gasteiger partial charge in [-0.15, -0.1) is 11.8 Å². The maximum atomic E-state index is 13.2. The van der Waals surface area contributed by atoms with Gasteiger partial charge < -0.3 is 9.47 Å². The van der Waals surface area contributed by atoms with Crippen LogP contribution in [0.3, 0.4) is 0 Å². The van der Waals surface area contributed by atoms with Crippen molar-refractivity contribution in [1.29, 1.82) is 0 Å². The van der Waals surface area contributed by atoms with Crippen molar-refractivity contribution >= 4 is 27.8 Å². The van der Waals surface area contributed by atoms with Crippen molar-refractivity contribution < 1.29 is 27.1 Å². The average molecular weight is 557 g/mol. The van der Waals surface area contributed by atoms with Crippen molar-refractivity contribution in [1.82, 2.24) is 9.21 Å². The highest BCUT2D eigenvalue weighted by molar-refractivity contribution is 7.99. The number of hydrogen-bond acceptors (Lipinski definition) is 7. The van der Waals surface area contributed by atoms with Gasteiger partial charge in [-0.1, -0.05) is 24.3 Å². The standard InChI is InChI=1S/C28H29FN2O5S2/c1-35-28(32)20-6-11-26-25(18-20)27(24-5-3-2-4-21(24)19-36-26)37-17-16-30-12-14-31(15-13-30)38(33,34)23-9-7-22(29)8-10-23/h2-11,18,27H,12-17,19H2,1H3. The third-order valence-electron chi connectivity index (χ3n) is 6.91. The molecular weight excluding hydrogens is 527 g/mol. The third-order valence-corrected chi connectivity index (χ3v) is 10.1. The van der Waals surface area contributed by atoms with Crippen molar-refractivity contribution in [3.05, 3.63) is 94.8 Å². The van der Waals surface area contributed by atoms with Crippen molar-refractivity contribution in [3.63, 3.8) is 0 Å². The van der Waals surface area contributed by atoms with E-state index in [9.17, 15) is 17.6 Å². The minimum atomic E-state index is -3.64. The maximum Gasteiger partial charge on any atom is 0.337 e. The molecule has 2 heterocycles. The number of sulfonamides is 1.